The van der Waals surface area contributed by atoms with Gasteiger partial charge in [-0.25, -0.2) is 14.8 Å². The highest BCUT2D eigenvalue weighted by atomic mass is 35.5. The van der Waals surface area contributed by atoms with Crippen molar-refractivity contribution in [1.29, 1.82) is 0 Å². The normalized spacial score (nSPS) is 15.9. The van der Waals surface area contributed by atoms with Crippen LogP contribution in [0, 0.1) is 0 Å². The quantitative estimate of drug-likeness (QED) is 0.327. The number of imidazole rings is 1. The summed E-state index contributed by atoms with van der Waals surface area (Å²) in [4.78, 5) is 38.5. The Balaban J connectivity index is 1.47. The Hall–Kier alpha value is -3.73. The molecule has 2 amide bonds. The van der Waals surface area contributed by atoms with Crippen molar-refractivity contribution in [3.05, 3.63) is 82.5 Å². The van der Waals surface area contributed by atoms with E-state index >= 15 is 0 Å². The lowest BCUT2D eigenvalue weighted by atomic mass is 10.1. The molecule has 1 unspecified atom stereocenters. The summed E-state index contributed by atoms with van der Waals surface area (Å²) in [6.45, 7) is 1.92. The molecule has 4 rings (SSSR count). The van der Waals surface area contributed by atoms with Gasteiger partial charge in [-0.2, -0.15) is 4.98 Å². The number of urea groups is 1. The zero-order chi connectivity index (χ0) is 25.7. The molecule has 0 radical (unpaired) electrons. The Morgan fingerprint density at radius 2 is 2.03 bits per heavy atom. The van der Waals surface area contributed by atoms with Crippen LogP contribution in [-0.2, 0) is 0 Å². The highest BCUT2D eigenvalue weighted by molar-refractivity contribution is 6.44. The van der Waals surface area contributed by atoms with Crippen LogP contribution in [0.2, 0.25) is 0 Å². The lowest BCUT2D eigenvalue weighted by molar-refractivity contribution is 0.102. The van der Waals surface area contributed by atoms with Gasteiger partial charge in [-0.1, -0.05) is 41.4 Å². The van der Waals surface area contributed by atoms with Gasteiger partial charge >= 0.3 is 6.03 Å². The standard InChI is InChI=1S/C24H23Cl2N7O3/c1-14(34)13-29-23-28-8-7-20(32-23)33-10-9-27-22(33)21(35)15-3-2-4-16(11-15)30-24(36)31-17-5-6-18(25)19(26)12-17/h2-4,6-12,14,17,34H,5,13H2,1H3,(H,28,29,32)(H2,30,31,36)/t14-,17?/m0/s1. The minimum Gasteiger partial charge on any atom is -0.392 e. The average molecular weight is 528 g/mol. The second-order valence-corrected chi connectivity index (χ2v) is 8.82. The van der Waals surface area contributed by atoms with Gasteiger partial charge in [0.25, 0.3) is 0 Å². The molecule has 2 heterocycles. The molecule has 2 atom stereocenters. The molecule has 1 aliphatic rings. The van der Waals surface area contributed by atoms with Crippen molar-refractivity contribution in [2.24, 2.45) is 0 Å². The number of nitrogens with one attached hydrogen (secondary N) is 3. The molecule has 1 aromatic carbocycles. The number of hydrogen-bond acceptors (Lipinski definition) is 7. The number of carbonyl (C=O) groups excluding carboxylic acids is 2. The van der Waals surface area contributed by atoms with E-state index in [-0.39, 0.29) is 24.2 Å². The zero-order valence-corrected chi connectivity index (χ0v) is 20.7. The number of allylic oxidation sites excluding steroid dienone is 2. The first kappa shape index (κ1) is 25.4. The molecular formula is C24H23Cl2N7O3. The molecule has 4 N–H and O–H groups in total. The van der Waals surface area contributed by atoms with E-state index in [1.54, 1.807) is 66.4 Å². The summed E-state index contributed by atoms with van der Waals surface area (Å²) in [5.74, 6) is 0.524. The van der Waals surface area contributed by atoms with Crippen LogP contribution < -0.4 is 16.0 Å². The van der Waals surface area contributed by atoms with E-state index in [1.807, 2.05) is 0 Å². The van der Waals surface area contributed by atoms with Gasteiger partial charge in [-0.3, -0.25) is 9.36 Å². The summed E-state index contributed by atoms with van der Waals surface area (Å²) in [5, 5.41) is 18.8. The lowest BCUT2D eigenvalue weighted by Crippen LogP contribution is -2.37. The average Bonchev–Trinajstić information content (AvgIpc) is 3.35. The van der Waals surface area contributed by atoms with Crippen LogP contribution in [0.4, 0.5) is 16.4 Å². The van der Waals surface area contributed by atoms with Gasteiger partial charge in [0.05, 0.1) is 22.2 Å². The monoisotopic (exact) mass is 527 g/mol. The third-order valence-corrected chi connectivity index (χ3v) is 5.90. The number of halogens is 2. The number of aromatic nitrogens is 4. The van der Waals surface area contributed by atoms with Gasteiger partial charge in [-0.15, -0.1) is 0 Å². The fourth-order valence-corrected chi connectivity index (χ4v) is 3.80. The van der Waals surface area contributed by atoms with Crippen molar-refractivity contribution >= 4 is 46.7 Å². The fourth-order valence-electron chi connectivity index (χ4n) is 3.42. The molecule has 0 bridgehead atoms. The third kappa shape index (κ3) is 6.28. The predicted octanol–water partition coefficient (Wildman–Crippen LogP) is 3.83. The molecule has 10 nitrogen and oxygen atoms in total. The second-order valence-electron chi connectivity index (χ2n) is 8.01. The maximum absolute atomic E-state index is 13.3. The maximum atomic E-state index is 13.3. The predicted molar refractivity (Wildman–Crippen MR) is 138 cm³/mol. The van der Waals surface area contributed by atoms with Crippen molar-refractivity contribution in [2.45, 2.75) is 25.5 Å². The lowest BCUT2D eigenvalue weighted by Gasteiger charge is -2.18. The largest absolute Gasteiger partial charge is 0.392 e. The number of aliphatic hydroxyl groups is 1. The van der Waals surface area contributed by atoms with Gasteiger partial charge in [0, 0.05) is 36.4 Å². The molecule has 186 valence electrons. The van der Waals surface area contributed by atoms with Crippen LogP contribution in [-0.4, -0.2) is 55.1 Å². The molecule has 36 heavy (non-hydrogen) atoms. The number of nitrogens with zero attached hydrogens (tertiary/aromatic N) is 4. The van der Waals surface area contributed by atoms with Crippen LogP contribution in [0.1, 0.15) is 29.5 Å². The second kappa shape index (κ2) is 11.3. The molecule has 3 aromatic rings. The molecule has 0 saturated carbocycles. The highest BCUT2D eigenvalue weighted by Crippen LogP contribution is 2.25. The van der Waals surface area contributed by atoms with Gasteiger partial charge in [-0.05, 0) is 37.6 Å². The van der Waals surface area contributed by atoms with Crippen LogP contribution >= 0.6 is 23.2 Å². The topological polar surface area (TPSA) is 134 Å². The Labute approximate surface area is 217 Å². The van der Waals surface area contributed by atoms with Crippen LogP contribution in [0.25, 0.3) is 5.82 Å². The highest BCUT2D eigenvalue weighted by Gasteiger charge is 2.19. The number of amides is 2. The summed E-state index contributed by atoms with van der Waals surface area (Å²) in [6, 6.07) is 7.43. The van der Waals surface area contributed by atoms with Crippen LogP contribution in [0.3, 0.4) is 0 Å². The summed E-state index contributed by atoms with van der Waals surface area (Å²) in [5.41, 5.74) is 0.764. The molecular weight excluding hydrogens is 505 g/mol. The number of rotatable bonds is 8. The van der Waals surface area contributed by atoms with Gasteiger partial charge < -0.3 is 21.1 Å². The van der Waals surface area contributed by atoms with Crippen molar-refractivity contribution in [1.82, 2.24) is 24.8 Å². The molecule has 0 spiro atoms. The first-order valence-corrected chi connectivity index (χ1v) is 11.8. The van der Waals surface area contributed by atoms with Crippen molar-refractivity contribution in [3.63, 3.8) is 0 Å². The summed E-state index contributed by atoms with van der Waals surface area (Å²) < 4.78 is 1.54. The Morgan fingerprint density at radius 3 is 2.81 bits per heavy atom. The first-order valence-electron chi connectivity index (χ1n) is 11.0. The first-order chi connectivity index (χ1) is 17.3. The van der Waals surface area contributed by atoms with E-state index in [9.17, 15) is 14.7 Å². The smallest absolute Gasteiger partial charge is 0.319 e. The van der Waals surface area contributed by atoms with E-state index < -0.39 is 12.1 Å². The van der Waals surface area contributed by atoms with E-state index in [0.29, 0.717) is 39.5 Å². The molecule has 1 aliphatic carbocycles. The molecule has 0 saturated heterocycles. The van der Waals surface area contributed by atoms with Crippen LogP contribution in [0.5, 0.6) is 0 Å². The zero-order valence-electron chi connectivity index (χ0n) is 19.2. The summed E-state index contributed by atoms with van der Waals surface area (Å²) in [6.07, 6.45) is 8.01. The van der Waals surface area contributed by atoms with Gasteiger partial charge in [0.2, 0.25) is 11.7 Å². The molecule has 12 heteroatoms. The van der Waals surface area contributed by atoms with Crippen molar-refractivity contribution in [3.8, 4) is 5.82 Å². The number of carbonyl (C=O) groups is 2. The van der Waals surface area contributed by atoms with E-state index in [4.69, 9.17) is 23.2 Å². The third-order valence-electron chi connectivity index (χ3n) is 5.11. The minimum atomic E-state index is -0.571. The van der Waals surface area contributed by atoms with E-state index in [0.717, 1.165) is 0 Å². The summed E-state index contributed by atoms with van der Waals surface area (Å²) >= 11 is 12.0. The molecule has 0 fully saturated rings. The van der Waals surface area contributed by atoms with E-state index in [2.05, 4.69) is 30.9 Å². The SMILES string of the molecule is C[C@H](O)CNc1nccc(-n2ccnc2C(=O)c2cccc(NC(=O)NC3C=C(Cl)C(Cl)=CC3)c2)n1. The van der Waals surface area contributed by atoms with Crippen LogP contribution in [0.15, 0.2) is 71.1 Å². The van der Waals surface area contributed by atoms with Crippen molar-refractivity contribution in [2.75, 3.05) is 17.2 Å². The van der Waals surface area contributed by atoms with Crippen molar-refractivity contribution < 1.29 is 14.7 Å². The fraction of sp³-hybridized carbons (Fsp3) is 0.208. The molecule has 0 aliphatic heterocycles. The Kier molecular flexibility index (Phi) is 7.99. The van der Waals surface area contributed by atoms with Gasteiger partial charge in [0.1, 0.15) is 5.82 Å². The maximum Gasteiger partial charge on any atom is 0.319 e. The number of anilines is 2. The van der Waals surface area contributed by atoms with E-state index in [1.165, 1.54) is 6.20 Å². The number of benzene rings is 1. The minimum absolute atomic E-state index is 0.141. The molecule has 2 aromatic heterocycles. The number of hydrogen-bond donors (Lipinski definition) is 4. The van der Waals surface area contributed by atoms with Gasteiger partial charge in [0.15, 0.2) is 5.82 Å². The number of aliphatic hydroxyl groups excluding tert-OH is 1. The number of ketones is 1. The Bertz CT molecular complexity index is 1340. The summed E-state index contributed by atoms with van der Waals surface area (Å²) in [7, 11) is 0. The Morgan fingerprint density at radius 1 is 1.19 bits per heavy atom.